The van der Waals surface area contributed by atoms with Crippen molar-refractivity contribution in [1.29, 1.82) is 0 Å². The molecule has 33 heavy (non-hydrogen) atoms. The zero-order valence-electron chi connectivity index (χ0n) is 18.1. The van der Waals surface area contributed by atoms with Crippen molar-refractivity contribution in [2.45, 2.75) is 13.3 Å². The quantitative estimate of drug-likeness (QED) is 0.340. The highest BCUT2D eigenvalue weighted by Crippen LogP contribution is 2.27. The zero-order valence-corrected chi connectivity index (χ0v) is 18.9. The maximum atomic E-state index is 12.8. The van der Waals surface area contributed by atoms with Gasteiger partial charge in [-0.2, -0.15) is 0 Å². The fourth-order valence-electron chi connectivity index (χ4n) is 3.62. The molecule has 166 valence electrons. The Morgan fingerprint density at radius 1 is 0.848 bits per heavy atom. The number of nitrogens with one attached hydrogen (secondary N) is 2. The highest BCUT2D eigenvalue weighted by Gasteiger charge is 2.14. The predicted molar refractivity (Wildman–Crippen MR) is 133 cm³/mol. The molecule has 2 amide bonds. The Labute approximate surface area is 197 Å². The molecule has 0 radical (unpaired) electrons. The lowest BCUT2D eigenvalue weighted by Gasteiger charge is -2.13. The number of carbonyl (C=O) groups is 2. The van der Waals surface area contributed by atoms with Gasteiger partial charge in [0.2, 0.25) is 5.91 Å². The number of fused-ring (bicyclic) bond motifs is 1. The van der Waals surface area contributed by atoms with Crippen LogP contribution in [0.3, 0.4) is 0 Å². The van der Waals surface area contributed by atoms with Crippen LogP contribution >= 0.6 is 11.6 Å². The second-order valence-electron chi connectivity index (χ2n) is 7.44. The van der Waals surface area contributed by atoms with Gasteiger partial charge >= 0.3 is 0 Å². The molecule has 0 unspecified atom stereocenters. The van der Waals surface area contributed by atoms with Crippen molar-refractivity contribution in [2.75, 3.05) is 17.2 Å². The first-order valence-corrected chi connectivity index (χ1v) is 11.0. The van der Waals surface area contributed by atoms with Crippen LogP contribution in [-0.4, -0.2) is 18.4 Å². The van der Waals surface area contributed by atoms with E-state index in [2.05, 4.69) is 10.6 Å². The summed E-state index contributed by atoms with van der Waals surface area (Å²) in [6.07, 6.45) is 0.190. The van der Waals surface area contributed by atoms with Gasteiger partial charge in [-0.1, -0.05) is 66.2 Å². The number of anilines is 2. The second-order valence-corrected chi connectivity index (χ2v) is 7.85. The van der Waals surface area contributed by atoms with Crippen molar-refractivity contribution in [3.63, 3.8) is 0 Å². The molecule has 0 aliphatic rings. The third kappa shape index (κ3) is 5.33. The molecule has 0 bridgehead atoms. The van der Waals surface area contributed by atoms with Gasteiger partial charge < -0.3 is 15.4 Å². The van der Waals surface area contributed by atoms with Crippen molar-refractivity contribution in [2.24, 2.45) is 0 Å². The molecule has 5 nitrogen and oxygen atoms in total. The number of para-hydroxylation sites is 2. The minimum Gasteiger partial charge on any atom is -0.492 e. The first-order valence-electron chi connectivity index (χ1n) is 10.6. The van der Waals surface area contributed by atoms with Gasteiger partial charge in [0.1, 0.15) is 5.75 Å². The van der Waals surface area contributed by atoms with Gasteiger partial charge in [0, 0.05) is 5.56 Å². The Kier molecular flexibility index (Phi) is 6.91. The number of hydrogen-bond acceptors (Lipinski definition) is 3. The Bertz CT molecular complexity index is 1310. The first-order chi connectivity index (χ1) is 16.0. The summed E-state index contributed by atoms with van der Waals surface area (Å²) in [4.78, 5) is 25.6. The normalized spacial score (nSPS) is 10.6. The van der Waals surface area contributed by atoms with Crippen molar-refractivity contribution in [1.82, 2.24) is 0 Å². The van der Waals surface area contributed by atoms with E-state index in [1.54, 1.807) is 30.3 Å². The summed E-state index contributed by atoms with van der Waals surface area (Å²) in [5.74, 6) is 0.0433. The Hall–Kier alpha value is -3.83. The second kappa shape index (κ2) is 10.2. The topological polar surface area (TPSA) is 67.4 Å². The van der Waals surface area contributed by atoms with Crippen LogP contribution in [0.25, 0.3) is 10.8 Å². The van der Waals surface area contributed by atoms with Crippen LogP contribution in [0.2, 0.25) is 5.02 Å². The van der Waals surface area contributed by atoms with E-state index in [9.17, 15) is 9.59 Å². The molecule has 0 spiro atoms. The van der Waals surface area contributed by atoms with Gasteiger partial charge in [-0.3, -0.25) is 9.59 Å². The van der Waals surface area contributed by atoms with E-state index in [0.717, 1.165) is 16.3 Å². The minimum absolute atomic E-state index is 0.190. The van der Waals surface area contributed by atoms with Crippen molar-refractivity contribution in [3.05, 3.63) is 101 Å². The van der Waals surface area contributed by atoms with Crippen molar-refractivity contribution < 1.29 is 14.3 Å². The Morgan fingerprint density at radius 2 is 1.61 bits per heavy atom. The number of halogens is 1. The highest BCUT2D eigenvalue weighted by atomic mass is 35.5. The smallest absolute Gasteiger partial charge is 0.255 e. The third-order valence-corrected chi connectivity index (χ3v) is 5.50. The standard InChI is InChI=1S/C27H23ClN2O3/c1-2-33-25-13-6-5-12-23(25)30-27(32)20-14-15-22(28)24(16-20)29-26(31)17-19-10-7-9-18-8-3-4-11-21(18)19/h3-16H,2,17H2,1H3,(H,29,31)(H,30,32). The molecule has 0 atom stereocenters. The molecule has 0 aromatic heterocycles. The number of amides is 2. The fraction of sp³-hybridized carbons (Fsp3) is 0.111. The summed E-state index contributed by atoms with van der Waals surface area (Å²) >= 11 is 6.30. The number of ether oxygens (including phenoxy) is 1. The predicted octanol–water partition coefficient (Wildman–Crippen LogP) is 6.33. The lowest BCUT2D eigenvalue weighted by molar-refractivity contribution is -0.115. The van der Waals surface area contributed by atoms with Crippen LogP contribution in [-0.2, 0) is 11.2 Å². The fourth-order valence-corrected chi connectivity index (χ4v) is 3.79. The summed E-state index contributed by atoms with van der Waals surface area (Å²) in [6, 6.07) is 25.8. The number of benzene rings is 4. The zero-order chi connectivity index (χ0) is 23.2. The van der Waals surface area contributed by atoms with Gasteiger partial charge in [0.15, 0.2) is 0 Å². The molecule has 0 heterocycles. The molecular formula is C27H23ClN2O3. The van der Waals surface area contributed by atoms with Gasteiger partial charge in [-0.05, 0) is 53.6 Å². The number of rotatable bonds is 7. The van der Waals surface area contributed by atoms with Crippen molar-refractivity contribution in [3.8, 4) is 5.75 Å². The SMILES string of the molecule is CCOc1ccccc1NC(=O)c1ccc(Cl)c(NC(=O)Cc2cccc3ccccc23)c1. The molecule has 6 heteroatoms. The molecule has 4 aromatic rings. The molecule has 2 N–H and O–H groups in total. The summed E-state index contributed by atoms with van der Waals surface area (Å²) in [6.45, 7) is 2.37. The van der Waals surface area contributed by atoms with Crippen molar-refractivity contribution >= 4 is 45.6 Å². The lowest BCUT2D eigenvalue weighted by Crippen LogP contribution is -2.17. The first kappa shape index (κ1) is 22.4. The van der Waals surface area contributed by atoms with E-state index >= 15 is 0 Å². The van der Waals surface area contributed by atoms with E-state index in [1.807, 2.05) is 61.5 Å². The van der Waals surface area contributed by atoms with E-state index in [4.69, 9.17) is 16.3 Å². The number of hydrogen-bond donors (Lipinski definition) is 2. The minimum atomic E-state index is -0.330. The monoisotopic (exact) mass is 458 g/mol. The summed E-state index contributed by atoms with van der Waals surface area (Å²) in [7, 11) is 0. The Balaban J connectivity index is 1.50. The van der Waals surface area contributed by atoms with Gasteiger partial charge in [-0.15, -0.1) is 0 Å². The van der Waals surface area contributed by atoms with Crippen LogP contribution in [0.1, 0.15) is 22.8 Å². The average Bonchev–Trinajstić information content (AvgIpc) is 2.82. The molecule has 4 aromatic carbocycles. The van der Waals surface area contributed by atoms with Crippen LogP contribution in [0.15, 0.2) is 84.9 Å². The highest BCUT2D eigenvalue weighted by molar-refractivity contribution is 6.34. The van der Waals surface area contributed by atoms with Crippen LogP contribution in [0, 0.1) is 0 Å². The molecular weight excluding hydrogens is 436 g/mol. The van der Waals surface area contributed by atoms with Crippen LogP contribution < -0.4 is 15.4 Å². The summed E-state index contributed by atoms with van der Waals surface area (Å²) < 4.78 is 5.56. The molecule has 4 rings (SSSR count). The number of carbonyl (C=O) groups excluding carboxylic acids is 2. The summed E-state index contributed by atoms with van der Waals surface area (Å²) in [5, 5.41) is 8.15. The van der Waals surface area contributed by atoms with Crippen LogP contribution in [0.5, 0.6) is 5.75 Å². The van der Waals surface area contributed by atoms with Crippen LogP contribution in [0.4, 0.5) is 11.4 Å². The van der Waals surface area contributed by atoms with E-state index in [0.29, 0.717) is 34.3 Å². The molecule has 0 fully saturated rings. The molecule has 0 saturated heterocycles. The van der Waals surface area contributed by atoms with Gasteiger partial charge in [0.25, 0.3) is 5.91 Å². The maximum Gasteiger partial charge on any atom is 0.255 e. The summed E-state index contributed by atoms with van der Waals surface area (Å²) in [5.41, 5.74) is 2.24. The molecule has 0 aliphatic carbocycles. The van der Waals surface area contributed by atoms with E-state index in [1.165, 1.54) is 0 Å². The third-order valence-electron chi connectivity index (χ3n) is 5.17. The lowest BCUT2D eigenvalue weighted by atomic mass is 10.0. The van der Waals surface area contributed by atoms with Gasteiger partial charge in [-0.25, -0.2) is 0 Å². The largest absolute Gasteiger partial charge is 0.492 e. The maximum absolute atomic E-state index is 12.8. The van der Waals surface area contributed by atoms with E-state index < -0.39 is 0 Å². The average molecular weight is 459 g/mol. The molecule has 0 saturated carbocycles. The molecule has 0 aliphatic heterocycles. The van der Waals surface area contributed by atoms with Gasteiger partial charge in [0.05, 0.1) is 29.4 Å². The van der Waals surface area contributed by atoms with E-state index in [-0.39, 0.29) is 18.2 Å². The Morgan fingerprint density at radius 3 is 2.45 bits per heavy atom.